The Kier molecular flexibility index (Phi) is 2.02. The number of likely N-dealkylation sites (N-methyl/N-ethyl adjacent to an activating group) is 1. The average Bonchev–Trinajstić information content (AvgIpc) is 2.44. The van der Waals surface area contributed by atoms with E-state index in [1.165, 1.54) is 0 Å². The van der Waals surface area contributed by atoms with Gasteiger partial charge in [0.25, 0.3) is 0 Å². The lowest BCUT2D eigenvalue weighted by atomic mass is 9.90. The highest BCUT2D eigenvalue weighted by molar-refractivity contribution is 4.94. The molecular formula is C8H17NO. The lowest BCUT2D eigenvalue weighted by Gasteiger charge is -2.13. The Morgan fingerprint density at radius 1 is 1.40 bits per heavy atom. The second kappa shape index (κ2) is 2.51. The van der Waals surface area contributed by atoms with E-state index in [1.54, 1.807) is 0 Å². The first-order valence-electron chi connectivity index (χ1n) is 3.86. The average molecular weight is 143 g/mol. The first-order chi connectivity index (χ1) is 4.55. The van der Waals surface area contributed by atoms with Gasteiger partial charge in [-0.25, -0.2) is 0 Å². The van der Waals surface area contributed by atoms with Gasteiger partial charge in [-0.05, 0) is 12.5 Å². The molecule has 0 spiro atoms. The van der Waals surface area contributed by atoms with E-state index in [4.69, 9.17) is 4.74 Å². The van der Waals surface area contributed by atoms with E-state index in [1.807, 2.05) is 7.05 Å². The summed E-state index contributed by atoms with van der Waals surface area (Å²) < 4.78 is 5.46. The fourth-order valence-electron chi connectivity index (χ4n) is 1.26. The monoisotopic (exact) mass is 143 g/mol. The number of rotatable bonds is 2. The molecule has 0 radical (unpaired) electrons. The van der Waals surface area contributed by atoms with Crippen molar-refractivity contribution in [3.63, 3.8) is 0 Å². The van der Waals surface area contributed by atoms with Crippen LogP contribution < -0.4 is 5.32 Å². The van der Waals surface area contributed by atoms with Crippen molar-refractivity contribution in [2.45, 2.75) is 33.0 Å². The van der Waals surface area contributed by atoms with Crippen LogP contribution in [0.2, 0.25) is 0 Å². The number of nitrogens with one attached hydrogen (secondary N) is 1. The van der Waals surface area contributed by atoms with E-state index in [2.05, 4.69) is 26.1 Å². The molecule has 1 aliphatic rings. The third-order valence-corrected chi connectivity index (χ3v) is 1.84. The Labute approximate surface area is 63.0 Å². The molecule has 0 aliphatic carbocycles. The standard InChI is InChI=1S/C8H17NO/c1-8(2,3)7-6(10-7)5-9-4/h6-7,9H,5H2,1-4H3. The molecule has 2 unspecified atom stereocenters. The molecule has 0 saturated carbocycles. The summed E-state index contributed by atoms with van der Waals surface area (Å²) in [7, 11) is 1.96. The van der Waals surface area contributed by atoms with Gasteiger partial charge in [-0.15, -0.1) is 0 Å². The molecule has 1 N–H and O–H groups in total. The topological polar surface area (TPSA) is 24.6 Å². The summed E-state index contributed by atoms with van der Waals surface area (Å²) in [5.74, 6) is 0. The van der Waals surface area contributed by atoms with Crippen molar-refractivity contribution in [2.75, 3.05) is 13.6 Å². The minimum Gasteiger partial charge on any atom is -0.368 e. The van der Waals surface area contributed by atoms with Gasteiger partial charge in [-0.2, -0.15) is 0 Å². The Balaban J connectivity index is 2.25. The SMILES string of the molecule is CNCC1OC1C(C)(C)C. The number of hydrogen-bond donors (Lipinski definition) is 1. The summed E-state index contributed by atoms with van der Waals surface area (Å²) >= 11 is 0. The zero-order valence-electron chi connectivity index (χ0n) is 7.27. The van der Waals surface area contributed by atoms with Crippen LogP contribution in [0.15, 0.2) is 0 Å². The van der Waals surface area contributed by atoms with Gasteiger partial charge < -0.3 is 10.1 Å². The van der Waals surface area contributed by atoms with Crippen molar-refractivity contribution in [1.82, 2.24) is 5.32 Å². The zero-order valence-corrected chi connectivity index (χ0v) is 7.27. The molecule has 1 saturated heterocycles. The quantitative estimate of drug-likeness (QED) is 0.584. The van der Waals surface area contributed by atoms with Crippen molar-refractivity contribution >= 4 is 0 Å². The van der Waals surface area contributed by atoms with E-state index in [9.17, 15) is 0 Å². The number of epoxide rings is 1. The summed E-state index contributed by atoms with van der Waals surface area (Å²) in [6.45, 7) is 7.63. The van der Waals surface area contributed by atoms with Gasteiger partial charge in [0, 0.05) is 6.54 Å². The van der Waals surface area contributed by atoms with Gasteiger partial charge in [0.05, 0.1) is 12.2 Å². The van der Waals surface area contributed by atoms with Gasteiger partial charge in [0.15, 0.2) is 0 Å². The van der Waals surface area contributed by atoms with E-state index >= 15 is 0 Å². The third kappa shape index (κ3) is 1.70. The smallest absolute Gasteiger partial charge is 0.0971 e. The molecule has 2 atom stereocenters. The van der Waals surface area contributed by atoms with Crippen LogP contribution in [0.5, 0.6) is 0 Å². The highest BCUT2D eigenvalue weighted by Gasteiger charge is 2.46. The lowest BCUT2D eigenvalue weighted by Crippen LogP contribution is -2.22. The van der Waals surface area contributed by atoms with Crippen LogP contribution in [-0.2, 0) is 4.74 Å². The van der Waals surface area contributed by atoms with Crippen LogP contribution in [0.4, 0.5) is 0 Å². The predicted octanol–water partition coefficient (Wildman–Crippen LogP) is 1.02. The highest BCUT2D eigenvalue weighted by Crippen LogP contribution is 2.37. The molecule has 1 rings (SSSR count). The van der Waals surface area contributed by atoms with E-state index in [0.717, 1.165) is 6.54 Å². The Hall–Kier alpha value is -0.0800. The molecule has 1 aliphatic heterocycles. The molecule has 0 bridgehead atoms. The Morgan fingerprint density at radius 3 is 2.30 bits per heavy atom. The third-order valence-electron chi connectivity index (χ3n) is 1.84. The maximum Gasteiger partial charge on any atom is 0.0971 e. The zero-order chi connectivity index (χ0) is 7.78. The molecule has 1 heterocycles. The van der Waals surface area contributed by atoms with Crippen molar-refractivity contribution < 1.29 is 4.74 Å². The molecule has 0 aromatic heterocycles. The first-order valence-corrected chi connectivity index (χ1v) is 3.86. The van der Waals surface area contributed by atoms with Crippen molar-refractivity contribution in [3.05, 3.63) is 0 Å². The fraction of sp³-hybridized carbons (Fsp3) is 1.00. The van der Waals surface area contributed by atoms with Crippen LogP contribution in [0.3, 0.4) is 0 Å². The Morgan fingerprint density at radius 2 is 2.00 bits per heavy atom. The summed E-state index contributed by atoms with van der Waals surface area (Å²) in [5, 5.41) is 3.11. The number of hydrogen-bond acceptors (Lipinski definition) is 2. The molecular weight excluding hydrogens is 126 g/mol. The van der Waals surface area contributed by atoms with E-state index < -0.39 is 0 Å². The van der Waals surface area contributed by atoms with Crippen LogP contribution in [0.25, 0.3) is 0 Å². The van der Waals surface area contributed by atoms with Crippen molar-refractivity contribution in [3.8, 4) is 0 Å². The summed E-state index contributed by atoms with van der Waals surface area (Å²) in [6.07, 6.45) is 0.935. The molecule has 2 heteroatoms. The van der Waals surface area contributed by atoms with Gasteiger partial charge in [0.2, 0.25) is 0 Å². The number of ether oxygens (including phenoxy) is 1. The maximum absolute atomic E-state index is 5.46. The van der Waals surface area contributed by atoms with Gasteiger partial charge in [-0.3, -0.25) is 0 Å². The molecule has 60 valence electrons. The minimum absolute atomic E-state index is 0.321. The van der Waals surface area contributed by atoms with Gasteiger partial charge >= 0.3 is 0 Å². The molecule has 10 heavy (non-hydrogen) atoms. The molecule has 1 fully saturated rings. The predicted molar refractivity (Wildman–Crippen MR) is 42.0 cm³/mol. The van der Waals surface area contributed by atoms with Crippen molar-refractivity contribution in [2.24, 2.45) is 5.41 Å². The molecule has 2 nitrogen and oxygen atoms in total. The molecule has 0 aromatic rings. The Bertz CT molecular complexity index is 117. The summed E-state index contributed by atoms with van der Waals surface area (Å²) in [5.41, 5.74) is 0.321. The second-order valence-corrected chi connectivity index (χ2v) is 4.02. The largest absolute Gasteiger partial charge is 0.368 e. The van der Waals surface area contributed by atoms with Crippen LogP contribution in [0, 0.1) is 5.41 Å². The van der Waals surface area contributed by atoms with Gasteiger partial charge in [0.1, 0.15) is 0 Å². The summed E-state index contributed by atoms with van der Waals surface area (Å²) in [4.78, 5) is 0. The van der Waals surface area contributed by atoms with E-state index in [0.29, 0.717) is 17.6 Å². The first kappa shape index (κ1) is 8.02. The van der Waals surface area contributed by atoms with Gasteiger partial charge in [-0.1, -0.05) is 20.8 Å². The van der Waals surface area contributed by atoms with Crippen molar-refractivity contribution in [1.29, 1.82) is 0 Å². The normalized spacial score (nSPS) is 32.4. The van der Waals surface area contributed by atoms with E-state index in [-0.39, 0.29) is 0 Å². The minimum atomic E-state index is 0.321. The molecule has 0 amide bonds. The second-order valence-electron chi connectivity index (χ2n) is 4.02. The van der Waals surface area contributed by atoms with Crippen LogP contribution in [-0.4, -0.2) is 25.8 Å². The highest BCUT2D eigenvalue weighted by atomic mass is 16.6. The lowest BCUT2D eigenvalue weighted by molar-refractivity contribution is 0.260. The maximum atomic E-state index is 5.46. The van der Waals surface area contributed by atoms with Crippen LogP contribution in [0.1, 0.15) is 20.8 Å². The fourth-order valence-corrected chi connectivity index (χ4v) is 1.26. The summed E-state index contributed by atoms with van der Waals surface area (Å²) in [6, 6.07) is 0. The molecule has 0 aromatic carbocycles. The van der Waals surface area contributed by atoms with Crippen LogP contribution >= 0.6 is 0 Å².